The number of nitrogens with one attached hydrogen (secondary N) is 4. The third-order valence-corrected chi connectivity index (χ3v) is 5.90. The van der Waals surface area contributed by atoms with Crippen molar-refractivity contribution in [3.8, 4) is 5.75 Å². The molecule has 4 rings (SSSR count). The molecule has 0 aliphatic carbocycles. The van der Waals surface area contributed by atoms with E-state index in [9.17, 15) is 9.59 Å². The van der Waals surface area contributed by atoms with E-state index >= 15 is 0 Å². The molecule has 0 saturated heterocycles. The van der Waals surface area contributed by atoms with Crippen LogP contribution in [0.5, 0.6) is 5.75 Å². The van der Waals surface area contributed by atoms with E-state index in [1.165, 1.54) is 0 Å². The maximum atomic E-state index is 12.6. The van der Waals surface area contributed by atoms with Gasteiger partial charge < -0.3 is 26.0 Å². The van der Waals surface area contributed by atoms with Gasteiger partial charge in [-0.2, -0.15) is 0 Å². The molecule has 0 aliphatic rings. The van der Waals surface area contributed by atoms with Gasteiger partial charge in [0.05, 0.1) is 23.8 Å². The number of ether oxygens (including phenoxy) is 1. The van der Waals surface area contributed by atoms with Crippen LogP contribution < -0.4 is 26.0 Å². The van der Waals surface area contributed by atoms with Crippen LogP contribution in [0.3, 0.4) is 0 Å². The molecule has 0 aliphatic heterocycles. The van der Waals surface area contributed by atoms with Crippen LogP contribution >= 0.6 is 0 Å². The van der Waals surface area contributed by atoms with Crippen molar-refractivity contribution in [1.82, 2.24) is 24.9 Å². The number of carbonyl (C=O) groups is 2. The van der Waals surface area contributed by atoms with Gasteiger partial charge in [0.1, 0.15) is 11.6 Å². The van der Waals surface area contributed by atoms with Crippen LogP contribution in [0.2, 0.25) is 0 Å². The molecule has 2 aromatic heterocycles. The predicted molar refractivity (Wildman–Crippen MR) is 149 cm³/mol. The second-order valence-electron chi connectivity index (χ2n) is 9.43. The predicted octanol–water partition coefficient (Wildman–Crippen LogP) is 4.59. The zero-order valence-electron chi connectivity index (χ0n) is 22.2. The van der Waals surface area contributed by atoms with Crippen molar-refractivity contribution in [2.75, 3.05) is 36.1 Å². The lowest BCUT2D eigenvalue weighted by atomic mass is 10.1. The molecule has 0 fully saturated rings. The van der Waals surface area contributed by atoms with Crippen molar-refractivity contribution in [3.05, 3.63) is 48.3 Å². The monoisotopic (exact) mass is 518 g/mol. The molecular weight excluding hydrogens is 484 g/mol. The van der Waals surface area contributed by atoms with Crippen molar-refractivity contribution in [1.29, 1.82) is 0 Å². The number of fused-ring (bicyclic) bond motifs is 3. The maximum absolute atomic E-state index is 12.6. The molecule has 4 N–H and O–H groups in total. The number of urea groups is 1. The highest BCUT2D eigenvalue weighted by Gasteiger charge is 2.17. The highest BCUT2D eigenvalue weighted by molar-refractivity contribution is 6.02. The third kappa shape index (κ3) is 6.47. The van der Waals surface area contributed by atoms with E-state index in [-0.39, 0.29) is 5.91 Å². The first-order chi connectivity index (χ1) is 18.4. The number of hydrogen-bond acceptors (Lipinski definition) is 7. The van der Waals surface area contributed by atoms with Gasteiger partial charge in [-0.25, -0.2) is 9.78 Å². The Balaban J connectivity index is 1.49. The van der Waals surface area contributed by atoms with E-state index < -0.39 is 6.03 Å². The van der Waals surface area contributed by atoms with Crippen molar-refractivity contribution in [2.24, 2.45) is 5.92 Å². The topological polar surface area (TPSA) is 135 Å². The third-order valence-electron chi connectivity index (χ3n) is 5.90. The van der Waals surface area contributed by atoms with Crippen LogP contribution in [0.15, 0.2) is 42.5 Å². The van der Waals surface area contributed by atoms with Gasteiger partial charge in [0.2, 0.25) is 11.6 Å². The number of carbonyl (C=O) groups excluding carboxylic acids is 2. The number of nitrogens with zero attached hydrogens (tertiary/aromatic N) is 4. The fourth-order valence-electron chi connectivity index (χ4n) is 4.12. The van der Waals surface area contributed by atoms with Crippen LogP contribution in [-0.4, -0.2) is 51.7 Å². The molecule has 4 aromatic rings. The second-order valence-corrected chi connectivity index (χ2v) is 9.43. The number of amides is 3. The second kappa shape index (κ2) is 12.2. The molecule has 11 heteroatoms. The van der Waals surface area contributed by atoms with E-state index in [0.717, 1.165) is 18.4 Å². The van der Waals surface area contributed by atoms with Gasteiger partial charge in [-0.3, -0.25) is 9.20 Å². The van der Waals surface area contributed by atoms with Gasteiger partial charge >= 0.3 is 6.03 Å². The molecule has 38 heavy (non-hydrogen) atoms. The van der Waals surface area contributed by atoms with Crippen LogP contribution in [0.25, 0.3) is 16.7 Å². The lowest BCUT2D eigenvalue weighted by Gasteiger charge is -2.15. The molecule has 200 valence electrons. The zero-order chi connectivity index (χ0) is 27.1. The fraction of sp³-hybridized carbons (Fsp3) is 0.370. The molecule has 0 atom stereocenters. The maximum Gasteiger partial charge on any atom is 0.323 e. The summed E-state index contributed by atoms with van der Waals surface area (Å²) in [5.41, 5.74) is 3.15. The van der Waals surface area contributed by atoms with E-state index in [4.69, 9.17) is 9.72 Å². The minimum Gasteiger partial charge on any atom is -0.494 e. The first-order valence-electron chi connectivity index (χ1n) is 12.7. The van der Waals surface area contributed by atoms with Crippen molar-refractivity contribution in [2.45, 2.75) is 40.0 Å². The lowest BCUT2D eigenvalue weighted by molar-refractivity contribution is -0.121. The summed E-state index contributed by atoms with van der Waals surface area (Å²) in [6.45, 7) is 7.23. The summed E-state index contributed by atoms with van der Waals surface area (Å²) < 4.78 is 7.46. The average molecular weight is 519 g/mol. The largest absolute Gasteiger partial charge is 0.494 e. The summed E-state index contributed by atoms with van der Waals surface area (Å²) in [5.74, 6) is 2.20. The number of methoxy groups -OCH3 is 1. The number of rotatable bonds is 11. The fourth-order valence-corrected chi connectivity index (χ4v) is 4.12. The molecule has 0 bridgehead atoms. The Bertz CT molecular complexity index is 1420. The minimum atomic E-state index is -0.391. The van der Waals surface area contributed by atoms with Crippen molar-refractivity contribution in [3.63, 3.8) is 0 Å². The van der Waals surface area contributed by atoms with E-state index in [1.54, 1.807) is 19.2 Å². The van der Waals surface area contributed by atoms with Crippen molar-refractivity contribution >= 4 is 45.8 Å². The van der Waals surface area contributed by atoms with Gasteiger partial charge in [-0.05, 0) is 43.9 Å². The summed E-state index contributed by atoms with van der Waals surface area (Å²) in [5, 5.41) is 20.6. The zero-order valence-corrected chi connectivity index (χ0v) is 22.2. The SMILES string of the molecule is COc1cc2nc(NCCCCNC(=O)CC(C)C)c3nnc(C)n3c2cc1NC(=O)Nc1ccccc1. The Labute approximate surface area is 221 Å². The summed E-state index contributed by atoms with van der Waals surface area (Å²) in [4.78, 5) is 29.2. The summed E-state index contributed by atoms with van der Waals surface area (Å²) in [7, 11) is 1.54. The molecule has 0 radical (unpaired) electrons. The van der Waals surface area contributed by atoms with Gasteiger partial charge in [0.25, 0.3) is 0 Å². The smallest absolute Gasteiger partial charge is 0.323 e. The number of para-hydroxylation sites is 1. The standard InChI is InChI=1S/C27H34N8O3/c1-17(2)14-24(36)28-12-8-9-13-29-25-26-34-33-18(3)35(26)22-15-21(23(38-4)16-20(22)31-25)32-27(37)30-19-10-6-5-7-11-19/h5-7,10-11,15-17H,8-9,12-14H2,1-4H3,(H,28,36)(H,29,31)(H2,30,32,37). The Morgan fingerprint density at radius 1 is 1.03 bits per heavy atom. The average Bonchev–Trinajstić information content (AvgIpc) is 3.28. The highest BCUT2D eigenvalue weighted by Crippen LogP contribution is 2.32. The minimum absolute atomic E-state index is 0.0881. The first-order valence-corrected chi connectivity index (χ1v) is 12.7. The Kier molecular flexibility index (Phi) is 8.57. The van der Waals surface area contributed by atoms with Crippen molar-refractivity contribution < 1.29 is 14.3 Å². The summed E-state index contributed by atoms with van der Waals surface area (Å²) in [6, 6.07) is 12.4. The molecule has 2 heterocycles. The summed E-state index contributed by atoms with van der Waals surface area (Å²) in [6.07, 6.45) is 2.24. The molecule has 3 amide bonds. The van der Waals surface area contributed by atoms with Gasteiger partial charge in [0, 0.05) is 31.3 Å². The van der Waals surface area contributed by atoms with Crippen LogP contribution in [0.1, 0.15) is 38.9 Å². The number of anilines is 3. The van der Waals surface area contributed by atoms with Crippen LogP contribution in [0, 0.1) is 12.8 Å². The molecule has 0 saturated carbocycles. The quantitative estimate of drug-likeness (QED) is 0.213. The Morgan fingerprint density at radius 3 is 2.53 bits per heavy atom. The number of hydrogen-bond donors (Lipinski definition) is 4. The molecule has 0 unspecified atom stereocenters. The molecule has 2 aromatic carbocycles. The van der Waals surface area contributed by atoms with E-state index in [1.807, 2.05) is 55.5 Å². The number of aromatic nitrogens is 4. The number of benzene rings is 2. The molecule has 0 spiro atoms. The lowest BCUT2D eigenvalue weighted by Crippen LogP contribution is -2.25. The van der Waals surface area contributed by atoms with E-state index in [2.05, 4.69) is 31.5 Å². The van der Waals surface area contributed by atoms with E-state index in [0.29, 0.717) is 65.4 Å². The van der Waals surface area contributed by atoms with Gasteiger partial charge in [-0.1, -0.05) is 32.0 Å². The van der Waals surface area contributed by atoms with Crippen LogP contribution in [0.4, 0.5) is 22.0 Å². The summed E-state index contributed by atoms with van der Waals surface area (Å²) >= 11 is 0. The first kappa shape index (κ1) is 26.6. The number of aryl methyl sites for hydroxylation is 1. The normalized spacial score (nSPS) is 11.1. The molecule has 11 nitrogen and oxygen atoms in total. The molecular formula is C27H34N8O3. The highest BCUT2D eigenvalue weighted by atomic mass is 16.5. The Hall–Kier alpha value is -4.41. The number of unbranched alkanes of at least 4 members (excludes halogenated alkanes) is 1. The van der Waals surface area contributed by atoms with Gasteiger partial charge in [-0.15, -0.1) is 10.2 Å². The van der Waals surface area contributed by atoms with Gasteiger partial charge in [0.15, 0.2) is 5.82 Å². The van der Waals surface area contributed by atoms with Crippen LogP contribution in [-0.2, 0) is 4.79 Å². The Morgan fingerprint density at radius 2 is 1.79 bits per heavy atom.